The molecule has 0 spiro atoms. The summed E-state index contributed by atoms with van der Waals surface area (Å²) in [4.78, 5) is 50.7. The van der Waals surface area contributed by atoms with Crippen LogP contribution in [0.25, 0.3) is 10.8 Å². The van der Waals surface area contributed by atoms with Crippen LogP contribution in [0.1, 0.15) is 59.0 Å². The van der Waals surface area contributed by atoms with Crippen molar-refractivity contribution in [3.05, 3.63) is 119 Å². The molecule has 0 heterocycles. The summed E-state index contributed by atoms with van der Waals surface area (Å²) in [5, 5.41) is 41.2. The molecule has 47 heavy (non-hydrogen) atoms. The van der Waals surface area contributed by atoms with Gasteiger partial charge in [0.15, 0.2) is 6.10 Å². The van der Waals surface area contributed by atoms with E-state index in [0.29, 0.717) is 11.1 Å². The zero-order chi connectivity index (χ0) is 34.1. The van der Waals surface area contributed by atoms with Gasteiger partial charge in [-0.1, -0.05) is 98.3 Å². The summed E-state index contributed by atoms with van der Waals surface area (Å²) in [6.45, 7) is 5.62. The maximum absolute atomic E-state index is 13.4. The number of carboxylic acid groups (broad SMARTS) is 1. The quantitative estimate of drug-likeness (QED) is 0.122. The van der Waals surface area contributed by atoms with E-state index in [-0.39, 0.29) is 24.4 Å². The number of aliphatic hydroxyl groups excluding tert-OH is 2. The van der Waals surface area contributed by atoms with Gasteiger partial charge in [-0.25, -0.2) is 4.79 Å². The van der Waals surface area contributed by atoms with E-state index < -0.39 is 54.4 Å². The van der Waals surface area contributed by atoms with Crippen molar-refractivity contribution >= 4 is 34.5 Å². The fourth-order valence-electron chi connectivity index (χ4n) is 5.32. The molecule has 0 aliphatic carbocycles. The van der Waals surface area contributed by atoms with E-state index in [4.69, 9.17) is 5.11 Å². The third-order valence-electron chi connectivity index (χ3n) is 8.06. The molecule has 0 fully saturated rings. The van der Waals surface area contributed by atoms with Gasteiger partial charge in [0.2, 0.25) is 11.8 Å². The van der Waals surface area contributed by atoms with E-state index in [2.05, 4.69) is 16.0 Å². The number of benzene rings is 4. The topological polar surface area (TPSA) is 165 Å². The molecule has 0 radical (unpaired) electrons. The number of carbonyl (C=O) groups excluding carboxylic acids is 3. The highest BCUT2D eigenvalue weighted by atomic mass is 16.4. The lowest BCUT2D eigenvalue weighted by atomic mass is 9.96. The SMILES string of the molecule is Cc1ccc(C[C@H](NC(=O)C(O)c2cccc3ccccc23)[C@H](O)CC(=O)N[C@H](C(=O)NCc2ccc(C(=O)O)cc2)C(C)C)cc1. The van der Waals surface area contributed by atoms with Crippen molar-refractivity contribution in [1.82, 2.24) is 16.0 Å². The number of hydrogen-bond donors (Lipinski definition) is 6. The molecule has 0 saturated carbocycles. The van der Waals surface area contributed by atoms with Gasteiger partial charge in [0.05, 0.1) is 24.1 Å². The van der Waals surface area contributed by atoms with Crippen LogP contribution in [0.4, 0.5) is 0 Å². The third kappa shape index (κ3) is 9.48. The van der Waals surface area contributed by atoms with Gasteiger partial charge in [0, 0.05) is 6.54 Å². The van der Waals surface area contributed by atoms with Crippen LogP contribution in [0.2, 0.25) is 0 Å². The van der Waals surface area contributed by atoms with E-state index in [9.17, 15) is 29.4 Å². The summed E-state index contributed by atoms with van der Waals surface area (Å²) in [6.07, 6.45) is -3.08. The Morgan fingerprint density at radius 2 is 1.38 bits per heavy atom. The Balaban J connectivity index is 1.44. The summed E-state index contributed by atoms with van der Waals surface area (Å²) in [7, 11) is 0. The molecule has 4 aromatic carbocycles. The van der Waals surface area contributed by atoms with Crippen LogP contribution in [0.5, 0.6) is 0 Å². The molecule has 0 saturated heterocycles. The highest BCUT2D eigenvalue weighted by Gasteiger charge is 2.30. The first-order chi connectivity index (χ1) is 22.4. The van der Waals surface area contributed by atoms with Crippen LogP contribution in [-0.2, 0) is 27.3 Å². The minimum Gasteiger partial charge on any atom is -0.478 e. The maximum atomic E-state index is 13.4. The van der Waals surface area contributed by atoms with Crippen molar-refractivity contribution in [1.29, 1.82) is 0 Å². The van der Waals surface area contributed by atoms with Gasteiger partial charge in [-0.05, 0) is 58.9 Å². The van der Waals surface area contributed by atoms with Crippen LogP contribution in [0.3, 0.4) is 0 Å². The summed E-state index contributed by atoms with van der Waals surface area (Å²) in [6, 6.07) is 24.5. The van der Waals surface area contributed by atoms with Crippen molar-refractivity contribution in [2.24, 2.45) is 5.92 Å². The van der Waals surface area contributed by atoms with Gasteiger partial charge >= 0.3 is 5.97 Å². The molecule has 0 aromatic heterocycles. The van der Waals surface area contributed by atoms with Crippen molar-refractivity contribution in [3.63, 3.8) is 0 Å². The number of carbonyl (C=O) groups is 4. The number of amides is 3. The van der Waals surface area contributed by atoms with Crippen molar-refractivity contribution in [2.75, 3.05) is 0 Å². The van der Waals surface area contributed by atoms with Gasteiger partial charge < -0.3 is 31.3 Å². The second kappa shape index (κ2) is 16.0. The molecular weight excluding hydrogens is 598 g/mol. The molecule has 4 rings (SSSR count). The van der Waals surface area contributed by atoms with Crippen LogP contribution in [-0.4, -0.2) is 57.2 Å². The minimum absolute atomic E-state index is 0.129. The number of carboxylic acids is 1. The first-order valence-corrected chi connectivity index (χ1v) is 15.5. The average Bonchev–Trinajstić information content (AvgIpc) is 3.06. The summed E-state index contributed by atoms with van der Waals surface area (Å²) in [5.41, 5.74) is 3.09. The first kappa shape index (κ1) is 34.8. The van der Waals surface area contributed by atoms with E-state index in [0.717, 1.165) is 21.9 Å². The zero-order valence-electron chi connectivity index (χ0n) is 26.6. The second-order valence-corrected chi connectivity index (χ2v) is 12.1. The van der Waals surface area contributed by atoms with E-state index >= 15 is 0 Å². The Hall–Kier alpha value is -5.06. The summed E-state index contributed by atoms with van der Waals surface area (Å²) < 4.78 is 0. The molecule has 1 unspecified atom stereocenters. The molecule has 10 nitrogen and oxygen atoms in total. The Labute approximate surface area is 273 Å². The van der Waals surface area contributed by atoms with E-state index in [1.165, 1.54) is 12.1 Å². The molecule has 3 amide bonds. The van der Waals surface area contributed by atoms with E-state index in [1.807, 2.05) is 61.5 Å². The predicted molar refractivity (Wildman–Crippen MR) is 178 cm³/mol. The highest BCUT2D eigenvalue weighted by Crippen LogP contribution is 2.25. The zero-order valence-corrected chi connectivity index (χ0v) is 26.6. The van der Waals surface area contributed by atoms with Crippen LogP contribution in [0, 0.1) is 12.8 Å². The molecule has 10 heteroatoms. The van der Waals surface area contributed by atoms with Crippen molar-refractivity contribution in [3.8, 4) is 0 Å². The fourth-order valence-corrected chi connectivity index (χ4v) is 5.32. The van der Waals surface area contributed by atoms with Crippen LogP contribution < -0.4 is 16.0 Å². The average molecular weight is 640 g/mol. The Bertz CT molecular complexity index is 1700. The Morgan fingerprint density at radius 1 is 0.745 bits per heavy atom. The number of hydrogen-bond acceptors (Lipinski definition) is 6. The van der Waals surface area contributed by atoms with Crippen LogP contribution in [0.15, 0.2) is 91.0 Å². The normalized spacial score (nSPS) is 13.7. The van der Waals surface area contributed by atoms with Crippen molar-refractivity contribution < 1.29 is 34.5 Å². The number of aromatic carboxylic acids is 1. The standard InChI is InChI=1S/C37H41N3O7/c1-22(2)33(35(44)38-21-25-15-17-27(18-16-25)37(46)47)40-32(42)20-31(41)30(19-24-13-11-23(3)12-14-24)39-36(45)34(43)29-10-6-8-26-7-4-5-9-28(26)29/h4-18,22,30-31,33-34,41,43H,19-21H2,1-3H3,(H,38,44)(H,39,45)(H,40,42)(H,46,47)/t30-,31+,33-,34?/m0/s1. The highest BCUT2D eigenvalue weighted by molar-refractivity contribution is 5.92. The van der Waals surface area contributed by atoms with E-state index in [1.54, 1.807) is 38.1 Å². The molecule has 4 atom stereocenters. The van der Waals surface area contributed by atoms with Crippen molar-refractivity contribution in [2.45, 2.75) is 64.4 Å². The third-order valence-corrected chi connectivity index (χ3v) is 8.06. The maximum Gasteiger partial charge on any atom is 0.335 e. The largest absolute Gasteiger partial charge is 0.478 e. The Kier molecular flexibility index (Phi) is 11.8. The number of aliphatic hydroxyl groups is 2. The number of nitrogens with one attached hydrogen (secondary N) is 3. The first-order valence-electron chi connectivity index (χ1n) is 15.5. The lowest BCUT2D eigenvalue weighted by molar-refractivity contribution is -0.133. The molecular formula is C37H41N3O7. The molecule has 0 aliphatic heterocycles. The number of rotatable bonds is 14. The lowest BCUT2D eigenvalue weighted by Crippen LogP contribution is -2.52. The number of aryl methyl sites for hydroxylation is 1. The van der Waals surface area contributed by atoms with Gasteiger partial charge in [0.1, 0.15) is 6.04 Å². The van der Waals surface area contributed by atoms with Gasteiger partial charge in [-0.2, -0.15) is 0 Å². The summed E-state index contributed by atoms with van der Waals surface area (Å²) in [5.74, 6) is -3.08. The monoisotopic (exact) mass is 639 g/mol. The van der Waals surface area contributed by atoms with Gasteiger partial charge in [-0.3, -0.25) is 14.4 Å². The molecule has 0 bridgehead atoms. The second-order valence-electron chi connectivity index (χ2n) is 12.1. The van der Waals surface area contributed by atoms with Gasteiger partial charge in [-0.15, -0.1) is 0 Å². The fraction of sp³-hybridized carbons (Fsp3) is 0.297. The van der Waals surface area contributed by atoms with Gasteiger partial charge in [0.25, 0.3) is 5.91 Å². The number of fused-ring (bicyclic) bond motifs is 1. The lowest BCUT2D eigenvalue weighted by Gasteiger charge is -2.27. The summed E-state index contributed by atoms with van der Waals surface area (Å²) >= 11 is 0. The molecule has 6 N–H and O–H groups in total. The molecule has 246 valence electrons. The molecule has 4 aromatic rings. The Morgan fingerprint density at radius 3 is 2.04 bits per heavy atom. The smallest absolute Gasteiger partial charge is 0.335 e. The minimum atomic E-state index is -1.52. The molecule has 0 aliphatic rings. The van der Waals surface area contributed by atoms with Crippen LogP contribution >= 0.6 is 0 Å². The predicted octanol–water partition coefficient (Wildman–Crippen LogP) is 3.82.